The first-order valence-corrected chi connectivity index (χ1v) is 5.88. The SMILES string of the molecule is Cn1ncc2c(Oc3ccc(N)cc3Cl)ncnc21. The van der Waals surface area contributed by atoms with Crippen molar-refractivity contribution in [3.63, 3.8) is 0 Å². The average Bonchev–Trinajstić information content (AvgIpc) is 2.76. The molecule has 2 N–H and O–H groups in total. The molecule has 0 amide bonds. The Bertz CT molecular complexity index is 755. The molecule has 0 saturated carbocycles. The largest absolute Gasteiger partial charge is 0.437 e. The third-order valence-electron chi connectivity index (χ3n) is 2.66. The molecular weight excluding hydrogens is 266 g/mol. The van der Waals surface area contributed by atoms with E-state index in [0.717, 1.165) is 5.39 Å². The predicted molar refractivity (Wildman–Crippen MR) is 72.2 cm³/mol. The monoisotopic (exact) mass is 275 g/mol. The van der Waals surface area contributed by atoms with Crippen LogP contribution in [0.15, 0.2) is 30.7 Å². The quantitative estimate of drug-likeness (QED) is 0.727. The Labute approximate surface area is 113 Å². The zero-order valence-electron chi connectivity index (χ0n) is 10.0. The Morgan fingerprint density at radius 1 is 1.32 bits per heavy atom. The maximum absolute atomic E-state index is 6.07. The number of aromatic nitrogens is 4. The summed E-state index contributed by atoms with van der Waals surface area (Å²) in [6.07, 6.45) is 3.07. The summed E-state index contributed by atoms with van der Waals surface area (Å²) in [7, 11) is 1.80. The fraction of sp³-hybridized carbons (Fsp3) is 0.0833. The van der Waals surface area contributed by atoms with E-state index in [1.807, 2.05) is 0 Å². The van der Waals surface area contributed by atoms with E-state index in [0.29, 0.717) is 28.0 Å². The van der Waals surface area contributed by atoms with Crippen molar-refractivity contribution >= 4 is 28.3 Å². The second-order valence-electron chi connectivity index (χ2n) is 3.98. The first-order valence-electron chi connectivity index (χ1n) is 5.51. The highest BCUT2D eigenvalue weighted by molar-refractivity contribution is 6.32. The number of nitrogens with zero attached hydrogens (tertiary/aromatic N) is 4. The van der Waals surface area contributed by atoms with Gasteiger partial charge in [0, 0.05) is 12.7 Å². The van der Waals surface area contributed by atoms with Gasteiger partial charge in [-0.25, -0.2) is 9.97 Å². The standard InChI is InChI=1S/C12H10ClN5O/c1-18-11-8(5-17-18)12(16-6-15-11)19-10-3-2-7(14)4-9(10)13/h2-6H,14H2,1H3. The zero-order valence-corrected chi connectivity index (χ0v) is 10.8. The molecule has 1 aromatic carbocycles. The minimum Gasteiger partial charge on any atom is -0.437 e. The summed E-state index contributed by atoms with van der Waals surface area (Å²) in [5, 5.41) is 5.26. The van der Waals surface area contributed by atoms with Crippen LogP contribution in [0.4, 0.5) is 5.69 Å². The Hall–Kier alpha value is -2.34. The van der Waals surface area contributed by atoms with Crippen LogP contribution in [-0.2, 0) is 7.05 Å². The molecule has 96 valence electrons. The van der Waals surface area contributed by atoms with Gasteiger partial charge < -0.3 is 10.5 Å². The third-order valence-corrected chi connectivity index (χ3v) is 2.95. The minimum absolute atomic E-state index is 0.407. The molecule has 0 unspecified atom stereocenters. The van der Waals surface area contributed by atoms with Gasteiger partial charge in [0.2, 0.25) is 5.88 Å². The first kappa shape index (κ1) is 11.7. The van der Waals surface area contributed by atoms with E-state index in [1.165, 1.54) is 6.33 Å². The van der Waals surface area contributed by atoms with Crippen molar-refractivity contribution in [2.24, 2.45) is 7.05 Å². The molecule has 3 aromatic rings. The van der Waals surface area contributed by atoms with Crippen LogP contribution in [0.5, 0.6) is 11.6 Å². The number of ether oxygens (including phenoxy) is 1. The van der Waals surface area contributed by atoms with Crippen molar-refractivity contribution in [3.8, 4) is 11.6 Å². The molecule has 2 heterocycles. The highest BCUT2D eigenvalue weighted by atomic mass is 35.5. The summed E-state index contributed by atoms with van der Waals surface area (Å²) in [6, 6.07) is 5.03. The highest BCUT2D eigenvalue weighted by Crippen LogP contribution is 2.32. The van der Waals surface area contributed by atoms with Gasteiger partial charge in [-0.05, 0) is 18.2 Å². The van der Waals surface area contributed by atoms with Gasteiger partial charge in [0.1, 0.15) is 17.5 Å². The van der Waals surface area contributed by atoms with E-state index in [2.05, 4.69) is 15.1 Å². The molecule has 3 rings (SSSR count). The molecule has 0 bridgehead atoms. The molecule has 0 saturated heterocycles. The van der Waals surface area contributed by atoms with Crippen molar-refractivity contribution in [3.05, 3.63) is 35.7 Å². The molecule has 2 aromatic heterocycles. The smallest absolute Gasteiger partial charge is 0.233 e. The Morgan fingerprint density at radius 2 is 2.16 bits per heavy atom. The van der Waals surface area contributed by atoms with Gasteiger partial charge in [-0.1, -0.05) is 11.6 Å². The Morgan fingerprint density at radius 3 is 2.95 bits per heavy atom. The summed E-state index contributed by atoms with van der Waals surface area (Å²) >= 11 is 6.07. The van der Waals surface area contributed by atoms with Gasteiger partial charge in [0.25, 0.3) is 0 Å². The lowest BCUT2D eigenvalue weighted by atomic mass is 10.3. The number of halogens is 1. The number of hydrogen-bond donors (Lipinski definition) is 1. The van der Waals surface area contributed by atoms with Crippen molar-refractivity contribution in [2.45, 2.75) is 0 Å². The third kappa shape index (κ3) is 2.06. The highest BCUT2D eigenvalue weighted by Gasteiger charge is 2.11. The van der Waals surface area contributed by atoms with Gasteiger partial charge in [-0.3, -0.25) is 4.68 Å². The molecule has 0 atom stereocenters. The Kier molecular flexibility index (Phi) is 2.72. The number of anilines is 1. The summed E-state index contributed by atoms with van der Waals surface area (Å²) in [5.74, 6) is 0.893. The van der Waals surface area contributed by atoms with Crippen molar-refractivity contribution < 1.29 is 4.74 Å². The fourth-order valence-electron chi connectivity index (χ4n) is 1.73. The van der Waals surface area contributed by atoms with E-state index in [1.54, 1.807) is 36.1 Å². The normalized spacial score (nSPS) is 10.8. The number of rotatable bonds is 2. The second kappa shape index (κ2) is 4.40. The lowest BCUT2D eigenvalue weighted by Gasteiger charge is -2.07. The second-order valence-corrected chi connectivity index (χ2v) is 4.38. The molecule has 7 heteroatoms. The number of benzene rings is 1. The lowest BCUT2D eigenvalue weighted by molar-refractivity contribution is 0.468. The molecule has 0 spiro atoms. The summed E-state index contributed by atoms with van der Waals surface area (Å²) in [6.45, 7) is 0. The molecule has 0 aliphatic rings. The Balaban J connectivity index is 2.06. The van der Waals surface area contributed by atoms with Crippen LogP contribution in [0, 0.1) is 0 Å². The number of nitrogen functional groups attached to an aromatic ring is 1. The summed E-state index contributed by atoms with van der Waals surface area (Å²) in [4.78, 5) is 8.24. The van der Waals surface area contributed by atoms with E-state index in [4.69, 9.17) is 22.1 Å². The summed E-state index contributed by atoms with van der Waals surface area (Å²) in [5.41, 5.74) is 6.90. The fourth-order valence-corrected chi connectivity index (χ4v) is 1.95. The van der Waals surface area contributed by atoms with E-state index in [-0.39, 0.29) is 0 Å². The molecule has 6 nitrogen and oxygen atoms in total. The van der Waals surface area contributed by atoms with Crippen LogP contribution in [0.2, 0.25) is 5.02 Å². The number of aryl methyl sites for hydroxylation is 1. The van der Waals surface area contributed by atoms with Crippen molar-refractivity contribution in [2.75, 3.05) is 5.73 Å². The summed E-state index contributed by atoms with van der Waals surface area (Å²) < 4.78 is 7.35. The number of fused-ring (bicyclic) bond motifs is 1. The maximum Gasteiger partial charge on any atom is 0.233 e. The van der Waals surface area contributed by atoms with Gasteiger partial charge in [-0.15, -0.1) is 0 Å². The predicted octanol–water partition coefficient (Wildman–Crippen LogP) is 2.39. The van der Waals surface area contributed by atoms with Crippen LogP contribution >= 0.6 is 11.6 Å². The van der Waals surface area contributed by atoms with Crippen molar-refractivity contribution in [1.29, 1.82) is 0 Å². The van der Waals surface area contributed by atoms with Crippen LogP contribution in [0.1, 0.15) is 0 Å². The molecule has 19 heavy (non-hydrogen) atoms. The van der Waals surface area contributed by atoms with Crippen LogP contribution in [-0.4, -0.2) is 19.7 Å². The van der Waals surface area contributed by atoms with Gasteiger partial charge >= 0.3 is 0 Å². The molecule has 0 aliphatic heterocycles. The maximum atomic E-state index is 6.07. The lowest BCUT2D eigenvalue weighted by Crippen LogP contribution is -1.94. The van der Waals surface area contributed by atoms with Crippen LogP contribution < -0.4 is 10.5 Å². The van der Waals surface area contributed by atoms with Gasteiger partial charge in [-0.2, -0.15) is 5.10 Å². The molecule has 0 aliphatic carbocycles. The van der Waals surface area contributed by atoms with Gasteiger partial charge in [0.05, 0.1) is 11.2 Å². The minimum atomic E-state index is 0.407. The number of nitrogens with two attached hydrogens (primary N) is 1. The zero-order chi connectivity index (χ0) is 13.4. The topological polar surface area (TPSA) is 78.9 Å². The first-order chi connectivity index (χ1) is 9.15. The van der Waals surface area contributed by atoms with Crippen molar-refractivity contribution in [1.82, 2.24) is 19.7 Å². The van der Waals surface area contributed by atoms with E-state index in [9.17, 15) is 0 Å². The average molecular weight is 276 g/mol. The van der Waals surface area contributed by atoms with Crippen LogP contribution in [0.25, 0.3) is 11.0 Å². The van der Waals surface area contributed by atoms with E-state index < -0.39 is 0 Å². The van der Waals surface area contributed by atoms with Crippen LogP contribution in [0.3, 0.4) is 0 Å². The van der Waals surface area contributed by atoms with Gasteiger partial charge in [0.15, 0.2) is 5.65 Å². The molecular formula is C12H10ClN5O. The molecule has 0 fully saturated rings. The molecule has 0 radical (unpaired) electrons. The van der Waals surface area contributed by atoms with E-state index >= 15 is 0 Å². The number of hydrogen-bond acceptors (Lipinski definition) is 5.